The lowest BCUT2D eigenvalue weighted by molar-refractivity contribution is 0.0938. The van der Waals surface area contributed by atoms with Gasteiger partial charge in [0.15, 0.2) is 11.2 Å². The van der Waals surface area contributed by atoms with E-state index < -0.39 is 17.4 Å². The fourth-order valence-electron chi connectivity index (χ4n) is 3.40. The summed E-state index contributed by atoms with van der Waals surface area (Å²) < 4.78 is 10.4. The molecule has 4 aromatic rings. The molecule has 11 heteroatoms. The van der Waals surface area contributed by atoms with Crippen LogP contribution < -0.4 is 21.4 Å². The van der Waals surface area contributed by atoms with E-state index in [0.29, 0.717) is 5.75 Å². The Kier molecular flexibility index (Phi) is 6.94. The molecule has 0 saturated carbocycles. The van der Waals surface area contributed by atoms with Crippen LogP contribution in [0, 0.1) is 0 Å². The maximum atomic E-state index is 12.9. The number of benzene rings is 2. The highest BCUT2D eigenvalue weighted by molar-refractivity contribution is 9.10. The fraction of sp³-hybridized carbons (Fsp3) is 0.217. The van der Waals surface area contributed by atoms with Gasteiger partial charge >= 0.3 is 5.69 Å². The molecule has 0 amide bonds. The summed E-state index contributed by atoms with van der Waals surface area (Å²) in [5, 5.41) is 14.9. The first-order chi connectivity index (χ1) is 16.3. The first-order valence-electron chi connectivity index (χ1n) is 10.4. The van der Waals surface area contributed by atoms with Gasteiger partial charge in [0.1, 0.15) is 18.5 Å². The minimum Gasteiger partial charge on any atom is -0.491 e. The molecule has 1 atom stereocenters. The van der Waals surface area contributed by atoms with Gasteiger partial charge in [0, 0.05) is 18.6 Å². The number of aliphatic hydroxyl groups is 1. The zero-order valence-corrected chi connectivity index (χ0v) is 20.1. The molecule has 0 aliphatic carbocycles. The number of rotatable bonds is 8. The molecule has 2 aromatic heterocycles. The fourth-order valence-corrected chi connectivity index (χ4v) is 3.66. The first kappa shape index (κ1) is 23.5. The van der Waals surface area contributed by atoms with E-state index in [9.17, 15) is 14.7 Å². The van der Waals surface area contributed by atoms with Crippen LogP contribution in [0.1, 0.15) is 5.56 Å². The Bertz CT molecular complexity index is 1440. The number of imidazole rings is 1. The van der Waals surface area contributed by atoms with Gasteiger partial charge in [-0.25, -0.2) is 10.2 Å². The summed E-state index contributed by atoms with van der Waals surface area (Å²) in [4.78, 5) is 29.7. The van der Waals surface area contributed by atoms with Crippen LogP contribution in [0.15, 0.2) is 73.8 Å². The van der Waals surface area contributed by atoms with Crippen LogP contribution in [0.4, 0.5) is 5.95 Å². The number of hydrazone groups is 1. The zero-order valence-electron chi connectivity index (χ0n) is 18.6. The number of para-hydroxylation sites is 1. The summed E-state index contributed by atoms with van der Waals surface area (Å²) >= 11 is 3.39. The molecule has 0 fully saturated rings. The smallest absolute Gasteiger partial charge is 0.332 e. The van der Waals surface area contributed by atoms with Crippen LogP contribution in [0.25, 0.3) is 11.2 Å². The number of aromatic nitrogens is 4. The van der Waals surface area contributed by atoms with Crippen molar-refractivity contribution in [3.05, 3.63) is 85.5 Å². The summed E-state index contributed by atoms with van der Waals surface area (Å²) in [6.45, 7) is -0.00964. The Morgan fingerprint density at radius 1 is 1.12 bits per heavy atom. The molecule has 2 heterocycles. The monoisotopic (exact) mass is 526 g/mol. The first-order valence-corrected chi connectivity index (χ1v) is 11.2. The van der Waals surface area contributed by atoms with Crippen LogP contribution in [-0.4, -0.2) is 42.7 Å². The standard InChI is InChI=1S/C23H23BrN6O4/c1-28-20-19(21(32)29(2)23(28)33)30(13-17(31)14-34-18-6-4-3-5-7-18)22(26-20)27-25-12-15-8-10-16(24)11-9-15/h3-12,17,31H,13-14H2,1-2H3,(H,26,27). The molecule has 0 spiro atoms. The van der Waals surface area contributed by atoms with Gasteiger partial charge in [0.2, 0.25) is 5.95 Å². The van der Waals surface area contributed by atoms with E-state index in [1.807, 2.05) is 42.5 Å². The number of hydrogen-bond donors (Lipinski definition) is 2. The van der Waals surface area contributed by atoms with Gasteiger partial charge in [0.25, 0.3) is 5.56 Å². The van der Waals surface area contributed by atoms with E-state index in [1.54, 1.807) is 18.3 Å². The summed E-state index contributed by atoms with van der Waals surface area (Å²) in [6.07, 6.45) is 0.637. The lowest BCUT2D eigenvalue weighted by atomic mass is 10.2. The summed E-state index contributed by atoms with van der Waals surface area (Å²) in [5.41, 5.74) is 3.01. The number of nitrogens with one attached hydrogen (secondary N) is 1. The van der Waals surface area contributed by atoms with Crippen molar-refractivity contribution in [1.29, 1.82) is 0 Å². The van der Waals surface area contributed by atoms with Gasteiger partial charge in [0.05, 0.1) is 12.8 Å². The summed E-state index contributed by atoms with van der Waals surface area (Å²) in [7, 11) is 2.93. The Morgan fingerprint density at radius 2 is 1.82 bits per heavy atom. The average Bonchev–Trinajstić information content (AvgIpc) is 3.20. The van der Waals surface area contributed by atoms with Crippen molar-refractivity contribution >= 4 is 39.3 Å². The molecule has 0 bridgehead atoms. The van der Waals surface area contributed by atoms with Crippen LogP contribution in [0.2, 0.25) is 0 Å². The predicted octanol–water partition coefficient (Wildman–Crippen LogP) is 2.08. The lowest BCUT2D eigenvalue weighted by Crippen LogP contribution is -2.38. The van der Waals surface area contributed by atoms with Gasteiger partial charge in [-0.3, -0.25) is 13.9 Å². The van der Waals surface area contributed by atoms with Crippen molar-refractivity contribution in [2.45, 2.75) is 12.6 Å². The van der Waals surface area contributed by atoms with E-state index in [0.717, 1.165) is 14.6 Å². The second-order valence-electron chi connectivity index (χ2n) is 7.62. The van der Waals surface area contributed by atoms with E-state index in [1.165, 1.54) is 23.2 Å². The van der Waals surface area contributed by atoms with Gasteiger partial charge in [-0.2, -0.15) is 10.1 Å². The van der Waals surface area contributed by atoms with Crippen molar-refractivity contribution < 1.29 is 9.84 Å². The van der Waals surface area contributed by atoms with Gasteiger partial charge in [-0.05, 0) is 29.8 Å². The zero-order chi connectivity index (χ0) is 24.2. The number of nitrogens with zero attached hydrogens (tertiary/aromatic N) is 5. The number of aliphatic hydroxyl groups excluding tert-OH is 1. The topological polar surface area (TPSA) is 116 Å². The second-order valence-corrected chi connectivity index (χ2v) is 8.54. The van der Waals surface area contributed by atoms with Gasteiger partial charge in [-0.1, -0.05) is 46.3 Å². The number of fused-ring (bicyclic) bond motifs is 1. The van der Waals surface area contributed by atoms with Crippen molar-refractivity contribution in [1.82, 2.24) is 18.7 Å². The average molecular weight is 527 g/mol. The largest absolute Gasteiger partial charge is 0.491 e. The molecule has 176 valence electrons. The Hall–Kier alpha value is -3.70. The molecule has 1 unspecified atom stereocenters. The maximum absolute atomic E-state index is 12.9. The predicted molar refractivity (Wildman–Crippen MR) is 134 cm³/mol. The molecule has 0 radical (unpaired) electrons. The summed E-state index contributed by atoms with van der Waals surface area (Å²) in [6, 6.07) is 16.6. The molecule has 4 rings (SSSR count). The summed E-state index contributed by atoms with van der Waals surface area (Å²) in [5.74, 6) is 0.827. The third-order valence-electron chi connectivity index (χ3n) is 5.18. The van der Waals surface area contributed by atoms with E-state index in [2.05, 4.69) is 31.4 Å². The van der Waals surface area contributed by atoms with Crippen molar-refractivity contribution in [2.75, 3.05) is 12.0 Å². The Labute approximate surface area is 202 Å². The number of ether oxygens (including phenoxy) is 1. The molecule has 2 aromatic carbocycles. The number of anilines is 1. The third kappa shape index (κ3) is 4.95. The molecule has 2 N–H and O–H groups in total. The highest BCUT2D eigenvalue weighted by Gasteiger charge is 2.21. The lowest BCUT2D eigenvalue weighted by Gasteiger charge is -2.15. The number of aryl methyl sites for hydroxylation is 1. The SMILES string of the molecule is Cn1c(=O)c2c(nc(NN=Cc3ccc(Br)cc3)n2CC(O)COc2ccccc2)n(C)c1=O. The van der Waals surface area contributed by atoms with E-state index >= 15 is 0 Å². The Balaban J connectivity index is 1.66. The highest BCUT2D eigenvalue weighted by atomic mass is 79.9. The number of halogens is 1. The Morgan fingerprint density at radius 3 is 2.53 bits per heavy atom. The normalized spacial score (nSPS) is 12.4. The number of hydrogen-bond acceptors (Lipinski definition) is 7. The van der Waals surface area contributed by atoms with Crippen LogP contribution in [0.3, 0.4) is 0 Å². The van der Waals surface area contributed by atoms with Crippen molar-refractivity contribution in [3.63, 3.8) is 0 Å². The molecule has 0 saturated heterocycles. The third-order valence-corrected chi connectivity index (χ3v) is 5.70. The molecule has 0 aliphatic rings. The minimum atomic E-state index is -0.962. The van der Waals surface area contributed by atoms with E-state index in [-0.39, 0.29) is 30.3 Å². The quantitative estimate of drug-likeness (QED) is 0.268. The van der Waals surface area contributed by atoms with Gasteiger partial charge < -0.3 is 14.4 Å². The van der Waals surface area contributed by atoms with Crippen molar-refractivity contribution in [2.24, 2.45) is 19.2 Å². The van der Waals surface area contributed by atoms with Crippen LogP contribution >= 0.6 is 15.9 Å². The molecule has 10 nitrogen and oxygen atoms in total. The highest BCUT2D eigenvalue weighted by Crippen LogP contribution is 2.17. The van der Waals surface area contributed by atoms with Crippen LogP contribution in [-0.2, 0) is 20.6 Å². The van der Waals surface area contributed by atoms with Gasteiger partial charge in [-0.15, -0.1) is 0 Å². The minimum absolute atomic E-state index is 0.00261. The molecular weight excluding hydrogens is 504 g/mol. The molecular formula is C23H23BrN6O4. The van der Waals surface area contributed by atoms with Crippen LogP contribution in [0.5, 0.6) is 5.75 Å². The second kappa shape index (κ2) is 10.1. The van der Waals surface area contributed by atoms with Crippen molar-refractivity contribution in [3.8, 4) is 5.75 Å². The maximum Gasteiger partial charge on any atom is 0.332 e. The van der Waals surface area contributed by atoms with E-state index in [4.69, 9.17) is 4.74 Å². The molecule has 34 heavy (non-hydrogen) atoms. The molecule has 0 aliphatic heterocycles.